The average molecular weight is 500 g/mol. The molecule has 0 amide bonds. The number of hydrogen-bond acceptors (Lipinski definition) is 5. The first-order chi connectivity index (χ1) is 16.8. The molecule has 0 N–H and O–H groups in total. The van der Waals surface area contributed by atoms with E-state index in [0.717, 1.165) is 5.56 Å². The van der Waals surface area contributed by atoms with Crippen LogP contribution in [0.1, 0.15) is 42.2 Å². The molecule has 1 unspecified atom stereocenters. The Kier molecular flexibility index (Phi) is 5.41. The van der Waals surface area contributed by atoms with Crippen LogP contribution in [-0.4, -0.2) is 46.6 Å². The molecule has 3 aromatic rings. The van der Waals surface area contributed by atoms with Crippen molar-refractivity contribution in [1.82, 2.24) is 19.1 Å². The van der Waals surface area contributed by atoms with E-state index < -0.39 is 26.9 Å². The zero-order valence-electron chi connectivity index (χ0n) is 19.3. The Morgan fingerprint density at radius 2 is 1.60 bits per heavy atom. The Hall–Kier alpha value is -2.85. The lowest BCUT2D eigenvalue weighted by molar-refractivity contribution is 0.281. The fraction of sp³-hybridized carbons (Fsp3) is 0.440. The van der Waals surface area contributed by atoms with Crippen molar-refractivity contribution in [1.29, 1.82) is 0 Å². The molecule has 3 heterocycles. The second kappa shape index (κ2) is 8.37. The Morgan fingerprint density at radius 1 is 0.971 bits per heavy atom. The summed E-state index contributed by atoms with van der Waals surface area (Å²) < 4.78 is 60.7. The number of benzene rings is 2. The fourth-order valence-electron chi connectivity index (χ4n) is 6.03. The Balaban J connectivity index is 1.20. The fourth-order valence-corrected chi connectivity index (χ4v) is 8.22. The minimum Gasteiger partial charge on any atom is -0.366 e. The van der Waals surface area contributed by atoms with E-state index in [1.165, 1.54) is 16.4 Å². The summed E-state index contributed by atoms with van der Waals surface area (Å²) in [4.78, 5) is 1.76. The highest BCUT2D eigenvalue weighted by molar-refractivity contribution is 7.89. The van der Waals surface area contributed by atoms with Crippen LogP contribution in [0.15, 0.2) is 55.1 Å². The number of nitrogens with zero attached hydrogens (tertiary/aromatic N) is 5. The van der Waals surface area contributed by atoms with Gasteiger partial charge in [0.25, 0.3) is 0 Å². The molecule has 0 radical (unpaired) electrons. The molecule has 10 heteroatoms. The van der Waals surface area contributed by atoms with Gasteiger partial charge in [-0.25, -0.2) is 17.2 Å². The average Bonchev–Trinajstić information content (AvgIpc) is 3.19. The van der Waals surface area contributed by atoms with Crippen molar-refractivity contribution in [2.24, 2.45) is 11.8 Å². The maximum absolute atomic E-state index is 15.2. The van der Waals surface area contributed by atoms with Gasteiger partial charge in [-0.15, -0.1) is 10.2 Å². The summed E-state index contributed by atoms with van der Waals surface area (Å²) in [5, 5.41) is 7.04. The number of piperidine rings is 1. The van der Waals surface area contributed by atoms with Crippen molar-refractivity contribution >= 4 is 15.7 Å². The van der Waals surface area contributed by atoms with Gasteiger partial charge in [0.2, 0.25) is 10.0 Å². The molecular formula is C25H27F2N5O2S. The number of hydrogen-bond donors (Lipinski definition) is 0. The second-order valence-corrected chi connectivity index (χ2v) is 12.0. The van der Waals surface area contributed by atoms with Gasteiger partial charge in [0.15, 0.2) is 0 Å². The normalized spacial score (nSPS) is 29.8. The van der Waals surface area contributed by atoms with Crippen molar-refractivity contribution in [2.75, 3.05) is 18.0 Å². The van der Waals surface area contributed by atoms with Crippen LogP contribution in [0.3, 0.4) is 0 Å². The van der Waals surface area contributed by atoms with Crippen LogP contribution in [0.4, 0.5) is 14.5 Å². The summed E-state index contributed by atoms with van der Waals surface area (Å²) in [6, 6.07) is 11.8. The number of sulfonamides is 1. The van der Waals surface area contributed by atoms with E-state index in [-0.39, 0.29) is 24.3 Å². The van der Waals surface area contributed by atoms with Crippen LogP contribution < -0.4 is 4.90 Å². The molecule has 5 atom stereocenters. The predicted molar refractivity (Wildman–Crippen MR) is 127 cm³/mol. The highest BCUT2D eigenvalue weighted by Crippen LogP contribution is 2.56. The molecule has 3 fully saturated rings. The summed E-state index contributed by atoms with van der Waals surface area (Å²) in [7, 11) is -3.68. The molecule has 0 bridgehead atoms. The van der Waals surface area contributed by atoms with Crippen molar-refractivity contribution in [3.8, 4) is 0 Å². The zero-order valence-corrected chi connectivity index (χ0v) is 20.2. The third-order valence-corrected chi connectivity index (χ3v) is 10.2. The summed E-state index contributed by atoms with van der Waals surface area (Å²) >= 11 is 0. The third kappa shape index (κ3) is 3.83. The monoisotopic (exact) mass is 499 g/mol. The molecule has 3 aliphatic rings. The number of fused-ring (bicyclic) bond motifs is 1. The molecular weight excluding hydrogens is 472 g/mol. The van der Waals surface area contributed by atoms with E-state index in [4.69, 9.17) is 0 Å². The van der Waals surface area contributed by atoms with Crippen molar-refractivity contribution in [3.05, 3.63) is 77.9 Å². The van der Waals surface area contributed by atoms with E-state index in [2.05, 4.69) is 10.2 Å². The van der Waals surface area contributed by atoms with Crippen LogP contribution in [0, 0.1) is 23.5 Å². The molecule has 2 aromatic carbocycles. The number of rotatable bonds is 5. The van der Waals surface area contributed by atoms with Gasteiger partial charge in [-0.3, -0.25) is 0 Å². The van der Waals surface area contributed by atoms with Crippen LogP contribution >= 0.6 is 0 Å². The van der Waals surface area contributed by atoms with Crippen LogP contribution in [0.2, 0.25) is 0 Å². The minimum absolute atomic E-state index is 0.0276. The first-order valence-corrected chi connectivity index (χ1v) is 13.5. The van der Waals surface area contributed by atoms with E-state index in [1.54, 1.807) is 17.6 Å². The summed E-state index contributed by atoms with van der Waals surface area (Å²) in [5.41, 5.74) is 1.04. The molecule has 1 saturated carbocycles. The van der Waals surface area contributed by atoms with Gasteiger partial charge < -0.3 is 9.47 Å². The van der Waals surface area contributed by atoms with Crippen LogP contribution in [0.5, 0.6) is 0 Å². The van der Waals surface area contributed by atoms with Crippen molar-refractivity contribution in [2.45, 2.75) is 43.6 Å². The van der Waals surface area contributed by atoms with Gasteiger partial charge in [0, 0.05) is 43.6 Å². The van der Waals surface area contributed by atoms with Crippen molar-refractivity contribution in [3.63, 3.8) is 0 Å². The Labute approximate surface area is 203 Å². The van der Waals surface area contributed by atoms with Gasteiger partial charge in [0.1, 0.15) is 35.2 Å². The van der Waals surface area contributed by atoms with Crippen LogP contribution in [-0.2, 0) is 16.6 Å². The number of aromatic nitrogens is 3. The highest BCUT2D eigenvalue weighted by atomic mass is 32.2. The highest BCUT2D eigenvalue weighted by Gasteiger charge is 2.57. The molecule has 2 saturated heterocycles. The number of halogens is 2. The lowest BCUT2D eigenvalue weighted by Gasteiger charge is -2.37. The van der Waals surface area contributed by atoms with Gasteiger partial charge in [-0.2, -0.15) is 4.31 Å². The molecule has 1 aromatic heterocycles. The smallest absolute Gasteiger partial charge is 0.221 e. The zero-order chi connectivity index (χ0) is 24.3. The largest absolute Gasteiger partial charge is 0.366 e. The van der Waals surface area contributed by atoms with Crippen LogP contribution in [0.25, 0.3) is 0 Å². The van der Waals surface area contributed by atoms with E-state index in [0.29, 0.717) is 43.3 Å². The lowest BCUT2D eigenvalue weighted by atomic mass is 10.0. The predicted octanol–water partition coefficient (Wildman–Crippen LogP) is 3.92. The van der Waals surface area contributed by atoms with Gasteiger partial charge in [-0.1, -0.05) is 30.3 Å². The maximum Gasteiger partial charge on any atom is 0.221 e. The van der Waals surface area contributed by atoms with Crippen molar-refractivity contribution < 1.29 is 17.2 Å². The summed E-state index contributed by atoms with van der Waals surface area (Å²) in [6.07, 6.45) is 4.58. The third-order valence-electron chi connectivity index (χ3n) is 7.86. The second-order valence-electron chi connectivity index (χ2n) is 9.96. The van der Waals surface area contributed by atoms with Gasteiger partial charge >= 0.3 is 0 Å². The van der Waals surface area contributed by atoms with E-state index in [9.17, 15) is 8.42 Å². The molecule has 6 rings (SSSR count). The first-order valence-electron chi connectivity index (χ1n) is 12.0. The van der Waals surface area contributed by atoms with E-state index >= 15 is 8.78 Å². The topological polar surface area (TPSA) is 71.3 Å². The maximum atomic E-state index is 15.2. The molecule has 2 aliphatic heterocycles. The SMILES string of the molecule is C[C@H]1CCC(c2ccccc2)S(=O)(=O)N1Cc1cc(F)c(N2C[C@@H]3[C@H](C2)[C@H]3n2cnnc2)c(F)c1. The standard InChI is InChI=1S/C25H27F2N5O2S/c1-16-7-8-23(18-5-3-2-4-6-18)35(33,34)32(16)11-17-9-21(26)25(22(27)10-17)30-12-19-20(13-30)24(19)31-14-28-29-15-31/h2-6,9-10,14-16,19-20,23-24H,7-8,11-13H2,1H3/t16-,19-,20+,23?,24+/m0/s1. The minimum atomic E-state index is -3.68. The van der Waals surface area contributed by atoms with Gasteiger partial charge in [0.05, 0.1) is 0 Å². The first kappa shape index (κ1) is 22.6. The summed E-state index contributed by atoms with van der Waals surface area (Å²) in [6.45, 7) is 2.93. The van der Waals surface area contributed by atoms with Gasteiger partial charge in [-0.05, 0) is 43.0 Å². The lowest BCUT2D eigenvalue weighted by Crippen LogP contribution is -2.44. The summed E-state index contributed by atoms with van der Waals surface area (Å²) in [5.74, 6) is -0.662. The molecule has 35 heavy (non-hydrogen) atoms. The molecule has 0 spiro atoms. The Morgan fingerprint density at radius 3 is 2.23 bits per heavy atom. The Bertz CT molecular complexity index is 1300. The molecule has 1 aliphatic carbocycles. The molecule has 7 nitrogen and oxygen atoms in total. The number of anilines is 1. The molecule has 184 valence electrons. The van der Waals surface area contributed by atoms with E-state index in [1.807, 2.05) is 41.8 Å². The quantitative estimate of drug-likeness (QED) is 0.532.